The van der Waals surface area contributed by atoms with Gasteiger partial charge in [-0.15, -0.1) is 0 Å². The van der Waals surface area contributed by atoms with Gasteiger partial charge in [0.1, 0.15) is 0 Å². The lowest BCUT2D eigenvalue weighted by Gasteiger charge is -2.20. The molecule has 1 heteroatoms. The van der Waals surface area contributed by atoms with Gasteiger partial charge < -0.3 is 4.90 Å². The van der Waals surface area contributed by atoms with Gasteiger partial charge in [-0.2, -0.15) is 0 Å². The van der Waals surface area contributed by atoms with E-state index in [-0.39, 0.29) is 0 Å². The molecule has 0 N–H and O–H groups in total. The summed E-state index contributed by atoms with van der Waals surface area (Å²) in [7, 11) is 0. The molecule has 1 aliphatic heterocycles. The molecule has 2 saturated carbocycles. The van der Waals surface area contributed by atoms with Crippen molar-refractivity contribution in [2.75, 3.05) is 19.6 Å². The maximum absolute atomic E-state index is 2.73. The molecule has 2 unspecified atom stereocenters. The highest BCUT2D eigenvalue weighted by molar-refractivity contribution is 5.38. The first-order valence-corrected chi connectivity index (χ1v) is 7.06. The van der Waals surface area contributed by atoms with Gasteiger partial charge in [-0.1, -0.05) is 29.8 Å². The normalized spacial score (nSPS) is 35.9. The van der Waals surface area contributed by atoms with E-state index in [9.17, 15) is 0 Å². The minimum Gasteiger partial charge on any atom is -0.302 e. The summed E-state index contributed by atoms with van der Waals surface area (Å²) in [4.78, 5) is 2.73. The second-order valence-corrected chi connectivity index (χ2v) is 6.56. The van der Waals surface area contributed by atoms with Crippen molar-refractivity contribution in [1.29, 1.82) is 0 Å². The summed E-state index contributed by atoms with van der Waals surface area (Å²) in [6, 6.07) is 9.30. The molecule has 1 nitrogen and oxygen atoms in total. The van der Waals surface area contributed by atoms with E-state index < -0.39 is 0 Å². The Bertz CT molecular complexity index is 431. The maximum Gasteiger partial charge on any atom is 0.0124 e. The van der Waals surface area contributed by atoms with Crippen LogP contribution in [-0.4, -0.2) is 24.5 Å². The van der Waals surface area contributed by atoms with Crippen LogP contribution in [-0.2, 0) is 5.41 Å². The molecule has 0 bridgehead atoms. The number of fused-ring (bicyclic) bond motifs is 1. The Balaban J connectivity index is 1.52. The van der Waals surface area contributed by atoms with Crippen LogP contribution in [0.4, 0.5) is 0 Å². The molecular formula is C16H21N. The molecule has 1 saturated heterocycles. The van der Waals surface area contributed by atoms with Gasteiger partial charge in [-0.05, 0) is 43.6 Å². The molecule has 0 spiro atoms. The van der Waals surface area contributed by atoms with Gasteiger partial charge in [-0.3, -0.25) is 0 Å². The van der Waals surface area contributed by atoms with Gasteiger partial charge in [0, 0.05) is 25.0 Å². The second-order valence-electron chi connectivity index (χ2n) is 6.56. The van der Waals surface area contributed by atoms with Crippen LogP contribution in [0.5, 0.6) is 0 Å². The van der Waals surface area contributed by atoms with Crippen molar-refractivity contribution in [3.05, 3.63) is 35.4 Å². The number of nitrogens with zero attached hydrogens (tertiary/aromatic N) is 1. The molecule has 0 amide bonds. The van der Waals surface area contributed by atoms with Gasteiger partial charge in [0.2, 0.25) is 0 Å². The molecule has 90 valence electrons. The van der Waals surface area contributed by atoms with E-state index in [1.807, 2.05) is 0 Å². The van der Waals surface area contributed by atoms with Gasteiger partial charge in [0.25, 0.3) is 0 Å². The lowest BCUT2D eigenvalue weighted by molar-refractivity contribution is 0.286. The zero-order valence-corrected chi connectivity index (χ0v) is 10.7. The summed E-state index contributed by atoms with van der Waals surface area (Å²) < 4.78 is 0. The van der Waals surface area contributed by atoms with E-state index in [2.05, 4.69) is 36.1 Å². The second kappa shape index (κ2) is 3.35. The van der Waals surface area contributed by atoms with Crippen molar-refractivity contribution in [1.82, 2.24) is 4.90 Å². The van der Waals surface area contributed by atoms with Crippen LogP contribution in [0.15, 0.2) is 24.3 Å². The number of rotatable bonds is 3. The molecule has 2 aliphatic carbocycles. The quantitative estimate of drug-likeness (QED) is 0.767. The molecule has 1 aromatic carbocycles. The first kappa shape index (κ1) is 10.1. The van der Waals surface area contributed by atoms with E-state index >= 15 is 0 Å². The predicted octanol–water partition coefficient (Wildman–Crippen LogP) is 2.98. The molecule has 1 heterocycles. The molecule has 3 fully saturated rings. The number of aryl methyl sites for hydroxylation is 1. The van der Waals surface area contributed by atoms with Gasteiger partial charge in [-0.25, -0.2) is 0 Å². The SMILES string of the molecule is Cc1ccc(C23CC2CN(CC2CC2)C3)cc1. The number of benzene rings is 1. The summed E-state index contributed by atoms with van der Waals surface area (Å²) >= 11 is 0. The summed E-state index contributed by atoms with van der Waals surface area (Å²) in [5.41, 5.74) is 3.55. The molecule has 1 aromatic rings. The van der Waals surface area contributed by atoms with Crippen molar-refractivity contribution in [2.45, 2.75) is 31.6 Å². The Morgan fingerprint density at radius 3 is 2.71 bits per heavy atom. The fourth-order valence-electron chi connectivity index (χ4n) is 3.72. The van der Waals surface area contributed by atoms with Crippen LogP contribution in [0.25, 0.3) is 0 Å². The predicted molar refractivity (Wildman–Crippen MR) is 70.1 cm³/mol. The summed E-state index contributed by atoms with van der Waals surface area (Å²) in [6.45, 7) is 6.26. The van der Waals surface area contributed by atoms with Crippen molar-refractivity contribution < 1.29 is 0 Å². The van der Waals surface area contributed by atoms with E-state index in [1.165, 1.54) is 44.5 Å². The lowest BCUT2D eigenvalue weighted by Crippen LogP contribution is -2.28. The van der Waals surface area contributed by atoms with Crippen molar-refractivity contribution in [3.63, 3.8) is 0 Å². The highest BCUT2D eigenvalue weighted by atomic mass is 15.2. The van der Waals surface area contributed by atoms with E-state index in [4.69, 9.17) is 0 Å². The smallest absolute Gasteiger partial charge is 0.0124 e. The number of likely N-dealkylation sites (tertiary alicyclic amines) is 1. The summed E-state index contributed by atoms with van der Waals surface area (Å²) in [5, 5.41) is 0. The zero-order valence-electron chi connectivity index (χ0n) is 10.7. The Kier molecular flexibility index (Phi) is 2.00. The van der Waals surface area contributed by atoms with Gasteiger partial charge >= 0.3 is 0 Å². The fraction of sp³-hybridized carbons (Fsp3) is 0.625. The minimum atomic E-state index is 0.558. The first-order chi connectivity index (χ1) is 8.26. The maximum atomic E-state index is 2.73. The fourth-order valence-corrected chi connectivity index (χ4v) is 3.72. The van der Waals surface area contributed by atoms with Crippen molar-refractivity contribution in [2.24, 2.45) is 11.8 Å². The third-order valence-electron chi connectivity index (χ3n) is 5.06. The number of hydrogen-bond acceptors (Lipinski definition) is 1. The molecule has 17 heavy (non-hydrogen) atoms. The average molecular weight is 227 g/mol. The van der Waals surface area contributed by atoms with E-state index in [0.29, 0.717) is 5.41 Å². The Morgan fingerprint density at radius 1 is 1.24 bits per heavy atom. The monoisotopic (exact) mass is 227 g/mol. The average Bonchev–Trinajstić information content (AvgIpc) is 3.21. The van der Waals surface area contributed by atoms with Gasteiger partial charge in [0.15, 0.2) is 0 Å². The van der Waals surface area contributed by atoms with Crippen molar-refractivity contribution in [3.8, 4) is 0 Å². The highest BCUT2D eigenvalue weighted by Crippen LogP contribution is 2.59. The first-order valence-electron chi connectivity index (χ1n) is 7.06. The Hall–Kier alpha value is -0.820. The molecule has 3 aliphatic rings. The number of piperidine rings is 1. The molecular weight excluding hydrogens is 206 g/mol. The zero-order chi connectivity index (χ0) is 11.5. The highest BCUT2D eigenvalue weighted by Gasteiger charge is 2.60. The van der Waals surface area contributed by atoms with Crippen LogP contribution in [0, 0.1) is 18.8 Å². The van der Waals surface area contributed by atoms with E-state index in [0.717, 1.165) is 11.8 Å². The third kappa shape index (κ3) is 1.63. The van der Waals surface area contributed by atoms with Gasteiger partial charge in [0.05, 0.1) is 0 Å². The largest absolute Gasteiger partial charge is 0.302 e. The van der Waals surface area contributed by atoms with Crippen LogP contribution < -0.4 is 0 Å². The Morgan fingerprint density at radius 2 is 2.00 bits per heavy atom. The molecule has 2 atom stereocenters. The summed E-state index contributed by atoms with van der Waals surface area (Å²) in [5.74, 6) is 2.01. The van der Waals surface area contributed by atoms with Crippen molar-refractivity contribution >= 4 is 0 Å². The topological polar surface area (TPSA) is 3.24 Å². The summed E-state index contributed by atoms with van der Waals surface area (Å²) in [6.07, 6.45) is 4.41. The van der Waals surface area contributed by atoms with Crippen LogP contribution in [0.1, 0.15) is 30.4 Å². The van der Waals surface area contributed by atoms with Crippen LogP contribution in [0.2, 0.25) is 0 Å². The molecule has 4 rings (SSSR count). The molecule has 0 aromatic heterocycles. The minimum absolute atomic E-state index is 0.558. The number of hydrogen-bond donors (Lipinski definition) is 0. The van der Waals surface area contributed by atoms with E-state index in [1.54, 1.807) is 5.56 Å². The molecule has 0 radical (unpaired) electrons. The van der Waals surface area contributed by atoms with Crippen LogP contribution >= 0.6 is 0 Å². The standard InChI is InChI=1S/C16H21N/c1-12-2-6-14(7-3-12)16-8-15(16)10-17(11-16)9-13-4-5-13/h2-3,6-7,13,15H,4-5,8-11H2,1H3. The lowest BCUT2D eigenvalue weighted by atomic mass is 9.94. The third-order valence-corrected chi connectivity index (χ3v) is 5.06. The van der Waals surface area contributed by atoms with Crippen LogP contribution in [0.3, 0.4) is 0 Å². The Labute approximate surface area is 104 Å².